The average Bonchev–Trinajstić information content (AvgIpc) is 3.27. The predicted molar refractivity (Wildman–Crippen MR) is 91.9 cm³/mol. The number of rotatable bonds is 3. The molecule has 132 valence electrons. The van der Waals surface area contributed by atoms with Crippen molar-refractivity contribution in [3.8, 4) is 0 Å². The summed E-state index contributed by atoms with van der Waals surface area (Å²) in [7, 11) is 0. The molecule has 0 aromatic carbocycles. The van der Waals surface area contributed by atoms with E-state index in [-0.39, 0.29) is 12.1 Å². The lowest BCUT2D eigenvalue weighted by atomic mass is 9.85. The molecule has 2 amide bonds. The van der Waals surface area contributed by atoms with Gasteiger partial charge in [-0.1, -0.05) is 12.8 Å². The van der Waals surface area contributed by atoms with Gasteiger partial charge in [-0.05, 0) is 44.9 Å². The molecule has 0 spiro atoms. The van der Waals surface area contributed by atoms with E-state index in [1.54, 1.807) is 6.20 Å². The number of aromatic nitrogens is 2. The van der Waals surface area contributed by atoms with Crippen molar-refractivity contribution in [1.29, 1.82) is 0 Å². The van der Waals surface area contributed by atoms with Crippen molar-refractivity contribution in [3.63, 3.8) is 0 Å². The molecule has 24 heavy (non-hydrogen) atoms. The highest BCUT2D eigenvalue weighted by Crippen LogP contribution is 2.39. The van der Waals surface area contributed by atoms with Crippen LogP contribution in [0.2, 0.25) is 0 Å². The minimum atomic E-state index is 0.0357. The number of likely N-dealkylation sites (tertiary alicyclic amines) is 1. The van der Waals surface area contributed by atoms with E-state index < -0.39 is 0 Å². The smallest absolute Gasteiger partial charge is 0.322 e. The quantitative estimate of drug-likeness (QED) is 0.924. The highest BCUT2D eigenvalue weighted by atomic mass is 16.5. The van der Waals surface area contributed by atoms with Crippen molar-refractivity contribution < 1.29 is 9.53 Å². The van der Waals surface area contributed by atoms with Crippen LogP contribution in [0.25, 0.3) is 0 Å². The SMILES string of the molecule is C[C@@H]1C[C@@H]2CCCC[C@H]2N1C(=O)Nc1cnn(C[C@@H]2CCCO2)c1. The van der Waals surface area contributed by atoms with E-state index in [1.165, 1.54) is 19.3 Å². The van der Waals surface area contributed by atoms with Crippen LogP contribution in [0.3, 0.4) is 0 Å². The number of anilines is 1. The molecular weight excluding hydrogens is 304 g/mol. The first-order valence-electron chi connectivity index (χ1n) is 9.44. The van der Waals surface area contributed by atoms with Crippen LogP contribution in [0.4, 0.5) is 10.5 Å². The first kappa shape index (κ1) is 15.9. The Kier molecular flexibility index (Phi) is 4.48. The Balaban J connectivity index is 1.37. The van der Waals surface area contributed by atoms with E-state index in [9.17, 15) is 4.79 Å². The first-order valence-corrected chi connectivity index (χ1v) is 9.44. The maximum Gasteiger partial charge on any atom is 0.322 e. The summed E-state index contributed by atoms with van der Waals surface area (Å²) < 4.78 is 7.52. The zero-order valence-corrected chi connectivity index (χ0v) is 14.5. The molecule has 4 atom stereocenters. The molecule has 2 aliphatic heterocycles. The Morgan fingerprint density at radius 1 is 1.33 bits per heavy atom. The fraction of sp³-hybridized carbons (Fsp3) is 0.778. The molecule has 0 bridgehead atoms. The molecule has 3 fully saturated rings. The molecule has 6 nitrogen and oxygen atoms in total. The van der Waals surface area contributed by atoms with Gasteiger partial charge < -0.3 is 15.0 Å². The van der Waals surface area contributed by atoms with Gasteiger partial charge in [0.2, 0.25) is 0 Å². The van der Waals surface area contributed by atoms with Crippen molar-refractivity contribution in [2.75, 3.05) is 11.9 Å². The van der Waals surface area contributed by atoms with E-state index in [0.29, 0.717) is 18.0 Å². The number of carbonyl (C=O) groups is 1. The summed E-state index contributed by atoms with van der Waals surface area (Å²) in [6.07, 6.45) is 12.3. The number of ether oxygens (including phenoxy) is 1. The van der Waals surface area contributed by atoms with Crippen molar-refractivity contribution in [3.05, 3.63) is 12.4 Å². The van der Waals surface area contributed by atoms with E-state index in [2.05, 4.69) is 22.2 Å². The summed E-state index contributed by atoms with van der Waals surface area (Å²) in [5.74, 6) is 0.696. The Bertz CT molecular complexity index is 581. The lowest BCUT2D eigenvalue weighted by Crippen LogP contribution is -2.44. The monoisotopic (exact) mass is 332 g/mol. The van der Waals surface area contributed by atoms with E-state index in [0.717, 1.165) is 44.5 Å². The normalized spacial score (nSPS) is 32.8. The average molecular weight is 332 g/mol. The number of fused-ring (bicyclic) bond motifs is 1. The molecule has 1 saturated carbocycles. The summed E-state index contributed by atoms with van der Waals surface area (Å²) in [6, 6.07) is 0.796. The number of nitrogens with zero attached hydrogens (tertiary/aromatic N) is 3. The maximum absolute atomic E-state index is 12.8. The van der Waals surface area contributed by atoms with E-state index in [4.69, 9.17) is 4.74 Å². The fourth-order valence-electron chi connectivity index (χ4n) is 4.77. The molecule has 3 heterocycles. The molecule has 6 heteroatoms. The van der Waals surface area contributed by atoms with Crippen LogP contribution in [-0.4, -0.2) is 45.5 Å². The van der Waals surface area contributed by atoms with Gasteiger partial charge in [0.25, 0.3) is 0 Å². The van der Waals surface area contributed by atoms with E-state index in [1.807, 2.05) is 10.9 Å². The molecule has 2 saturated heterocycles. The Morgan fingerprint density at radius 3 is 3.04 bits per heavy atom. The zero-order valence-electron chi connectivity index (χ0n) is 14.5. The Morgan fingerprint density at radius 2 is 2.21 bits per heavy atom. The second-order valence-corrected chi connectivity index (χ2v) is 7.62. The summed E-state index contributed by atoms with van der Waals surface area (Å²) >= 11 is 0. The van der Waals surface area contributed by atoms with Crippen molar-refractivity contribution in [1.82, 2.24) is 14.7 Å². The van der Waals surface area contributed by atoms with Crippen molar-refractivity contribution in [2.24, 2.45) is 5.92 Å². The number of urea groups is 1. The Labute approximate surface area is 143 Å². The summed E-state index contributed by atoms with van der Waals surface area (Å²) in [5.41, 5.74) is 0.782. The predicted octanol–water partition coefficient (Wildman–Crippen LogP) is 3.25. The van der Waals surface area contributed by atoms with Gasteiger partial charge in [-0.15, -0.1) is 0 Å². The highest BCUT2D eigenvalue weighted by Gasteiger charge is 2.42. The van der Waals surface area contributed by atoms with Gasteiger partial charge in [-0.2, -0.15) is 5.10 Å². The molecule has 1 N–H and O–H groups in total. The van der Waals surface area contributed by atoms with Crippen LogP contribution >= 0.6 is 0 Å². The van der Waals surface area contributed by atoms with Gasteiger partial charge in [0, 0.05) is 24.9 Å². The number of carbonyl (C=O) groups excluding carboxylic acids is 1. The Hall–Kier alpha value is -1.56. The van der Waals surface area contributed by atoms with Gasteiger partial charge >= 0.3 is 6.03 Å². The topological polar surface area (TPSA) is 59.4 Å². The van der Waals surface area contributed by atoms with Crippen molar-refractivity contribution in [2.45, 2.75) is 76.6 Å². The third-order valence-corrected chi connectivity index (χ3v) is 5.88. The molecule has 0 unspecified atom stereocenters. The summed E-state index contributed by atoms with van der Waals surface area (Å²) in [4.78, 5) is 14.9. The summed E-state index contributed by atoms with van der Waals surface area (Å²) in [5, 5.41) is 7.42. The standard InChI is InChI=1S/C18H28N4O2/c1-13-9-14-5-2-3-7-17(14)22(13)18(23)20-15-10-19-21(11-15)12-16-6-4-8-24-16/h10-11,13-14,16-17H,2-9,12H2,1H3,(H,20,23)/t13-,14+,16+,17-/m1/s1. The molecule has 0 radical (unpaired) electrons. The fourth-order valence-corrected chi connectivity index (χ4v) is 4.77. The zero-order chi connectivity index (χ0) is 16.5. The van der Waals surface area contributed by atoms with Crippen LogP contribution in [0, 0.1) is 5.92 Å². The largest absolute Gasteiger partial charge is 0.376 e. The number of hydrogen-bond donors (Lipinski definition) is 1. The molecule has 1 aromatic heterocycles. The third-order valence-electron chi connectivity index (χ3n) is 5.88. The lowest BCUT2D eigenvalue weighted by molar-refractivity contribution is 0.0940. The van der Waals surface area contributed by atoms with Gasteiger partial charge in [0.05, 0.1) is 24.5 Å². The number of nitrogens with one attached hydrogen (secondary N) is 1. The second kappa shape index (κ2) is 6.75. The van der Waals surface area contributed by atoms with Crippen LogP contribution in [0.1, 0.15) is 51.9 Å². The summed E-state index contributed by atoms with van der Waals surface area (Å²) in [6.45, 7) is 3.80. The van der Waals surface area contributed by atoms with Crippen LogP contribution in [0.15, 0.2) is 12.4 Å². The van der Waals surface area contributed by atoms with Gasteiger partial charge in [-0.3, -0.25) is 4.68 Å². The van der Waals surface area contributed by atoms with Crippen LogP contribution < -0.4 is 5.32 Å². The molecule has 4 rings (SSSR count). The highest BCUT2D eigenvalue weighted by molar-refractivity contribution is 5.89. The molecule has 3 aliphatic rings. The van der Waals surface area contributed by atoms with E-state index >= 15 is 0 Å². The van der Waals surface area contributed by atoms with Gasteiger partial charge in [0.15, 0.2) is 0 Å². The minimum absolute atomic E-state index is 0.0357. The first-order chi connectivity index (χ1) is 11.7. The van der Waals surface area contributed by atoms with Crippen molar-refractivity contribution >= 4 is 11.7 Å². The number of amides is 2. The number of hydrogen-bond acceptors (Lipinski definition) is 3. The lowest BCUT2D eigenvalue weighted by Gasteiger charge is -2.33. The molecule has 1 aliphatic carbocycles. The van der Waals surface area contributed by atoms with Gasteiger partial charge in [0.1, 0.15) is 0 Å². The van der Waals surface area contributed by atoms with Gasteiger partial charge in [-0.25, -0.2) is 4.79 Å². The van der Waals surface area contributed by atoms with Crippen LogP contribution in [-0.2, 0) is 11.3 Å². The minimum Gasteiger partial charge on any atom is -0.376 e. The molecular formula is C18H28N4O2. The third kappa shape index (κ3) is 3.16. The second-order valence-electron chi connectivity index (χ2n) is 7.62. The maximum atomic E-state index is 12.8. The molecule has 1 aromatic rings. The van der Waals surface area contributed by atoms with Crippen LogP contribution in [0.5, 0.6) is 0 Å².